The molecule has 4 heteroatoms. The highest BCUT2D eigenvalue weighted by Gasteiger charge is 2.06. The largest absolute Gasteiger partial charge is 0.203 e. The lowest BCUT2D eigenvalue weighted by Gasteiger charge is -2.04. The summed E-state index contributed by atoms with van der Waals surface area (Å²) in [6.45, 7) is 1.97. The molecule has 1 aromatic carbocycles. The van der Waals surface area contributed by atoms with E-state index in [9.17, 15) is 0 Å². The van der Waals surface area contributed by atoms with Crippen LogP contribution in [0, 0.1) is 18.3 Å². The molecular weight excluding hydrogens is 176 g/mol. The van der Waals surface area contributed by atoms with Gasteiger partial charge in [-0.3, -0.25) is 0 Å². The normalized spacial score (nSPS) is 9.71. The van der Waals surface area contributed by atoms with E-state index in [0.717, 1.165) is 11.3 Å². The lowest BCUT2D eigenvalue weighted by molar-refractivity contribution is 0.791. The number of benzene rings is 1. The van der Waals surface area contributed by atoms with E-state index in [-0.39, 0.29) is 0 Å². The Kier molecular flexibility index (Phi) is 1.99. The summed E-state index contributed by atoms with van der Waals surface area (Å²) in [6.07, 6.45) is 1.45. The molecule has 0 bridgehead atoms. The van der Waals surface area contributed by atoms with Crippen molar-refractivity contribution in [3.8, 4) is 11.8 Å². The first-order chi connectivity index (χ1) is 6.83. The Morgan fingerprint density at radius 3 is 2.86 bits per heavy atom. The van der Waals surface area contributed by atoms with Gasteiger partial charge in [-0.2, -0.15) is 5.26 Å². The summed E-state index contributed by atoms with van der Waals surface area (Å²) in [7, 11) is 0. The van der Waals surface area contributed by atoms with Crippen molar-refractivity contribution >= 4 is 0 Å². The molecule has 0 N–H and O–H groups in total. The molecule has 1 heterocycles. The molecule has 4 nitrogen and oxygen atoms in total. The number of nitriles is 1. The summed E-state index contributed by atoms with van der Waals surface area (Å²) >= 11 is 0. The maximum atomic E-state index is 8.81. The Labute approximate surface area is 81.4 Å². The quantitative estimate of drug-likeness (QED) is 0.674. The van der Waals surface area contributed by atoms with Gasteiger partial charge in [-0.1, -0.05) is 23.4 Å². The second-order valence-electron chi connectivity index (χ2n) is 2.93. The van der Waals surface area contributed by atoms with E-state index < -0.39 is 0 Å². The summed E-state index contributed by atoms with van der Waals surface area (Å²) in [4.78, 5) is 0. The van der Waals surface area contributed by atoms with E-state index >= 15 is 0 Å². The summed E-state index contributed by atoms with van der Waals surface area (Å²) in [5.74, 6) is 0. The van der Waals surface area contributed by atoms with Crippen LogP contribution in [-0.2, 0) is 0 Å². The molecule has 0 amide bonds. The first-order valence-electron chi connectivity index (χ1n) is 4.20. The zero-order valence-electron chi connectivity index (χ0n) is 7.68. The lowest BCUT2D eigenvalue weighted by Crippen LogP contribution is -2.01. The Balaban J connectivity index is 2.62. The predicted octanol–water partition coefficient (Wildman–Crippen LogP) is 1.45. The molecular formula is C10H8N4. The van der Waals surface area contributed by atoms with Crippen molar-refractivity contribution in [2.24, 2.45) is 0 Å². The minimum absolute atomic E-state index is 0.444. The van der Waals surface area contributed by atoms with Crippen LogP contribution in [0.15, 0.2) is 30.5 Å². The van der Waals surface area contributed by atoms with Gasteiger partial charge in [0, 0.05) is 0 Å². The zero-order valence-corrected chi connectivity index (χ0v) is 7.68. The van der Waals surface area contributed by atoms with Crippen LogP contribution < -0.4 is 0 Å². The molecule has 0 unspecified atom stereocenters. The van der Waals surface area contributed by atoms with E-state index in [1.165, 1.54) is 10.9 Å². The van der Waals surface area contributed by atoms with Gasteiger partial charge in [-0.05, 0) is 18.6 Å². The SMILES string of the molecule is Cc1ccccc1-n1nncc1C#N. The van der Waals surface area contributed by atoms with Crippen LogP contribution in [0.1, 0.15) is 11.3 Å². The van der Waals surface area contributed by atoms with Crippen molar-refractivity contribution in [1.29, 1.82) is 5.26 Å². The molecule has 0 radical (unpaired) electrons. The maximum Gasteiger partial charge on any atom is 0.164 e. The smallest absolute Gasteiger partial charge is 0.164 e. The Morgan fingerprint density at radius 2 is 2.14 bits per heavy atom. The Hall–Kier alpha value is -2.15. The minimum Gasteiger partial charge on any atom is -0.203 e. The number of para-hydroxylation sites is 1. The molecule has 0 saturated heterocycles. The average molecular weight is 184 g/mol. The second kappa shape index (κ2) is 3.30. The molecule has 2 aromatic rings. The fourth-order valence-corrected chi connectivity index (χ4v) is 1.29. The van der Waals surface area contributed by atoms with Crippen molar-refractivity contribution in [3.63, 3.8) is 0 Å². The molecule has 68 valence electrons. The molecule has 0 aliphatic heterocycles. The van der Waals surface area contributed by atoms with Gasteiger partial charge in [-0.15, -0.1) is 5.10 Å². The van der Waals surface area contributed by atoms with Gasteiger partial charge in [-0.25, -0.2) is 4.68 Å². The highest BCUT2D eigenvalue weighted by atomic mass is 15.4. The van der Waals surface area contributed by atoms with Crippen molar-refractivity contribution in [2.75, 3.05) is 0 Å². The third kappa shape index (κ3) is 1.25. The van der Waals surface area contributed by atoms with Gasteiger partial charge < -0.3 is 0 Å². The van der Waals surface area contributed by atoms with Crippen molar-refractivity contribution in [2.45, 2.75) is 6.92 Å². The van der Waals surface area contributed by atoms with Crippen molar-refractivity contribution in [1.82, 2.24) is 15.0 Å². The molecule has 0 fully saturated rings. The fourth-order valence-electron chi connectivity index (χ4n) is 1.29. The van der Waals surface area contributed by atoms with Crippen LogP contribution in [0.3, 0.4) is 0 Å². The molecule has 0 saturated carbocycles. The lowest BCUT2D eigenvalue weighted by atomic mass is 10.2. The number of nitrogens with zero attached hydrogens (tertiary/aromatic N) is 4. The predicted molar refractivity (Wildman–Crippen MR) is 50.8 cm³/mol. The molecule has 14 heavy (non-hydrogen) atoms. The van der Waals surface area contributed by atoms with Gasteiger partial charge in [0.05, 0.1) is 11.9 Å². The zero-order chi connectivity index (χ0) is 9.97. The van der Waals surface area contributed by atoms with Crippen molar-refractivity contribution in [3.05, 3.63) is 41.7 Å². The van der Waals surface area contributed by atoms with Crippen LogP contribution >= 0.6 is 0 Å². The van der Waals surface area contributed by atoms with Crippen LogP contribution in [0.25, 0.3) is 5.69 Å². The highest BCUT2D eigenvalue weighted by molar-refractivity contribution is 5.41. The number of rotatable bonds is 1. The highest BCUT2D eigenvalue weighted by Crippen LogP contribution is 2.13. The number of aromatic nitrogens is 3. The third-order valence-electron chi connectivity index (χ3n) is 2.01. The van der Waals surface area contributed by atoms with Gasteiger partial charge in [0.25, 0.3) is 0 Å². The molecule has 1 aromatic heterocycles. The summed E-state index contributed by atoms with van der Waals surface area (Å²) < 4.78 is 1.54. The maximum absolute atomic E-state index is 8.81. The first-order valence-corrected chi connectivity index (χ1v) is 4.20. The topological polar surface area (TPSA) is 54.5 Å². The number of hydrogen-bond acceptors (Lipinski definition) is 3. The van der Waals surface area contributed by atoms with E-state index in [1.54, 1.807) is 0 Å². The Bertz CT molecular complexity index is 493. The number of hydrogen-bond donors (Lipinski definition) is 0. The summed E-state index contributed by atoms with van der Waals surface area (Å²) in [6, 6.07) is 9.77. The average Bonchev–Trinajstić information content (AvgIpc) is 2.66. The molecule has 2 rings (SSSR count). The fraction of sp³-hybridized carbons (Fsp3) is 0.100. The van der Waals surface area contributed by atoms with Crippen LogP contribution in [-0.4, -0.2) is 15.0 Å². The van der Waals surface area contributed by atoms with Gasteiger partial charge in [0.15, 0.2) is 5.69 Å². The second-order valence-corrected chi connectivity index (χ2v) is 2.93. The van der Waals surface area contributed by atoms with Gasteiger partial charge >= 0.3 is 0 Å². The van der Waals surface area contributed by atoms with Crippen molar-refractivity contribution < 1.29 is 0 Å². The van der Waals surface area contributed by atoms with Gasteiger partial charge in [0.2, 0.25) is 0 Å². The monoisotopic (exact) mass is 184 g/mol. The van der Waals surface area contributed by atoms with Crippen LogP contribution in [0.4, 0.5) is 0 Å². The Morgan fingerprint density at radius 1 is 1.36 bits per heavy atom. The molecule has 0 aliphatic rings. The van der Waals surface area contributed by atoms with Gasteiger partial charge in [0.1, 0.15) is 6.07 Å². The first kappa shape index (κ1) is 8.45. The van der Waals surface area contributed by atoms with E-state index in [1.807, 2.05) is 37.3 Å². The molecule has 0 aliphatic carbocycles. The summed E-state index contributed by atoms with van der Waals surface area (Å²) in [5.41, 5.74) is 2.40. The van der Waals surface area contributed by atoms with Crippen LogP contribution in [0.5, 0.6) is 0 Å². The van der Waals surface area contributed by atoms with E-state index in [0.29, 0.717) is 5.69 Å². The molecule has 0 atom stereocenters. The minimum atomic E-state index is 0.444. The summed E-state index contributed by atoms with van der Waals surface area (Å²) in [5, 5.41) is 16.4. The van der Waals surface area contributed by atoms with E-state index in [2.05, 4.69) is 10.3 Å². The van der Waals surface area contributed by atoms with E-state index in [4.69, 9.17) is 5.26 Å². The van der Waals surface area contributed by atoms with Crippen LogP contribution in [0.2, 0.25) is 0 Å². The third-order valence-corrected chi connectivity index (χ3v) is 2.01. The standard InChI is InChI=1S/C10H8N4/c1-8-4-2-3-5-10(8)14-9(6-11)7-12-13-14/h2-5,7H,1H3. The number of aryl methyl sites for hydroxylation is 1. The molecule has 0 spiro atoms.